The standard InChI is InChI=1S/C24H48O4/c1-3-5-10-15-23(16-11-6-4-2)17-14-21-28-24(26)18-12-8-7-9-13-20-27-22-19-25/h23,25H,3-22H2,1-2H3. The van der Waals surface area contributed by atoms with Crippen LogP contribution in [0.1, 0.15) is 117 Å². The zero-order valence-corrected chi connectivity index (χ0v) is 18.9. The van der Waals surface area contributed by atoms with Crippen molar-refractivity contribution in [2.75, 3.05) is 26.4 Å². The summed E-state index contributed by atoms with van der Waals surface area (Å²) in [5.41, 5.74) is 0. The van der Waals surface area contributed by atoms with E-state index in [1.54, 1.807) is 0 Å². The minimum Gasteiger partial charge on any atom is -0.466 e. The molecule has 4 nitrogen and oxygen atoms in total. The van der Waals surface area contributed by atoms with Crippen LogP contribution in [0.5, 0.6) is 0 Å². The van der Waals surface area contributed by atoms with Crippen LogP contribution in [-0.4, -0.2) is 37.5 Å². The molecule has 0 saturated carbocycles. The van der Waals surface area contributed by atoms with Gasteiger partial charge >= 0.3 is 5.97 Å². The zero-order chi connectivity index (χ0) is 20.7. The first-order chi connectivity index (χ1) is 13.7. The van der Waals surface area contributed by atoms with Crippen LogP contribution < -0.4 is 0 Å². The van der Waals surface area contributed by atoms with Crippen LogP contribution in [0.4, 0.5) is 0 Å². The minimum atomic E-state index is -0.0280. The molecule has 0 aromatic carbocycles. The van der Waals surface area contributed by atoms with E-state index in [1.807, 2.05) is 0 Å². The number of rotatable bonds is 22. The molecule has 0 saturated heterocycles. The van der Waals surface area contributed by atoms with Gasteiger partial charge in [0, 0.05) is 13.0 Å². The van der Waals surface area contributed by atoms with E-state index in [2.05, 4.69) is 13.8 Å². The molecule has 0 aliphatic rings. The molecule has 0 heterocycles. The lowest BCUT2D eigenvalue weighted by Crippen LogP contribution is -2.08. The highest BCUT2D eigenvalue weighted by atomic mass is 16.5. The first-order valence-corrected chi connectivity index (χ1v) is 12.1. The van der Waals surface area contributed by atoms with Gasteiger partial charge in [0.1, 0.15) is 0 Å². The van der Waals surface area contributed by atoms with Gasteiger partial charge in [-0.2, -0.15) is 0 Å². The van der Waals surface area contributed by atoms with Crippen molar-refractivity contribution in [1.29, 1.82) is 0 Å². The minimum absolute atomic E-state index is 0.0280. The topological polar surface area (TPSA) is 55.8 Å². The van der Waals surface area contributed by atoms with Gasteiger partial charge in [0.15, 0.2) is 0 Å². The van der Waals surface area contributed by atoms with Crippen LogP contribution in [0, 0.1) is 5.92 Å². The summed E-state index contributed by atoms with van der Waals surface area (Å²) in [6.07, 6.45) is 18.7. The summed E-state index contributed by atoms with van der Waals surface area (Å²) in [5, 5.41) is 8.61. The Labute approximate surface area is 174 Å². The van der Waals surface area contributed by atoms with E-state index in [0.29, 0.717) is 19.6 Å². The highest BCUT2D eigenvalue weighted by molar-refractivity contribution is 5.69. The van der Waals surface area contributed by atoms with Crippen molar-refractivity contribution in [1.82, 2.24) is 0 Å². The van der Waals surface area contributed by atoms with Crippen molar-refractivity contribution in [3.05, 3.63) is 0 Å². The molecule has 1 N–H and O–H groups in total. The molecule has 0 bridgehead atoms. The first-order valence-electron chi connectivity index (χ1n) is 12.1. The number of carbonyl (C=O) groups is 1. The van der Waals surface area contributed by atoms with E-state index < -0.39 is 0 Å². The fourth-order valence-electron chi connectivity index (χ4n) is 3.60. The number of esters is 1. The smallest absolute Gasteiger partial charge is 0.305 e. The van der Waals surface area contributed by atoms with Gasteiger partial charge in [0.2, 0.25) is 0 Å². The van der Waals surface area contributed by atoms with E-state index in [9.17, 15) is 4.79 Å². The normalized spacial score (nSPS) is 11.3. The molecular weight excluding hydrogens is 352 g/mol. The Balaban J connectivity index is 3.59. The number of ether oxygens (including phenoxy) is 2. The van der Waals surface area contributed by atoms with Gasteiger partial charge in [-0.3, -0.25) is 4.79 Å². The van der Waals surface area contributed by atoms with Crippen molar-refractivity contribution in [2.24, 2.45) is 5.92 Å². The SMILES string of the molecule is CCCCCC(CCCCC)CCCOC(=O)CCCCCCCOCCO. The maximum absolute atomic E-state index is 11.9. The van der Waals surface area contributed by atoms with Crippen LogP contribution in [0.2, 0.25) is 0 Å². The third kappa shape index (κ3) is 20.1. The Bertz CT molecular complexity index is 310. The Morgan fingerprint density at radius 2 is 1.32 bits per heavy atom. The molecule has 0 aromatic rings. The van der Waals surface area contributed by atoms with Crippen molar-refractivity contribution < 1.29 is 19.4 Å². The number of hydrogen-bond acceptors (Lipinski definition) is 4. The molecule has 0 atom stereocenters. The van der Waals surface area contributed by atoms with Crippen molar-refractivity contribution in [3.63, 3.8) is 0 Å². The van der Waals surface area contributed by atoms with Crippen molar-refractivity contribution in [3.8, 4) is 0 Å². The second-order valence-corrected chi connectivity index (χ2v) is 8.07. The van der Waals surface area contributed by atoms with Gasteiger partial charge in [-0.05, 0) is 31.6 Å². The van der Waals surface area contributed by atoms with Crippen LogP contribution in [0.25, 0.3) is 0 Å². The molecule has 0 aromatic heterocycles. The lowest BCUT2D eigenvalue weighted by Gasteiger charge is -2.16. The van der Waals surface area contributed by atoms with Crippen molar-refractivity contribution >= 4 is 5.97 Å². The van der Waals surface area contributed by atoms with Gasteiger partial charge in [0.05, 0.1) is 19.8 Å². The predicted octanol–water partition coefficient (Wildman–Crippen LogP) is 6.44. The largest absolute Gasteiger partial charge is 0.466 e. The van der Waals surface area contributed by atoms with E-state index in [4.69, 9.17) is 14.6 Å². The molecule has 0 spiro atoms. The van der Waals surface area contributed by atoms with E-state index >= 15 is 0 Å². The second kappa shape index (κ2) is 22.7. The molecule has 0 radical (unpaired) electrons. The number of aliphatic hydroxyl groups is 1. The third-order valence-corrected chi connectivity index (χ3v) is 5.36. The van der Waals surface area contributed by atoms with E-state index in [-0.39, 0.29) is 12.6 Å². The maximum Gasteiger partial charge on any atom is 0.305 e. The van der Waals surface area contributed by atoms with E-state index in [1.165, 1.54) is 57.8 Å². The Morgan fingerprint density at radius 3 is 1.96 bits per heavy atom. The molecule has 0 rings (SSSR count). The highest BCUT2D eigenvalue weighted by Crippen LogP contribution is 2.22. The number of unbranched alkanes of at least 4 members (excludes halogenated alkanes) is 8. The number of hydrogen-bond donors (Lipinski definition) is 1. The molecule has 0 fully saturated rings. The number of aliphatic hydroxyl groups excluding tert-OH is 1. The summed E-state index contributed by atoms with van der Waals surface area (Å²) in [6, 6.07) is 0. The molecule has 28 heavy (non-hydrogen) atoms. The van der Waals surface area contributed by atoms with Gasteiger partial charge in [-0.15, -0.1) is 0 Å². The molecule has 0 amide bonds. The molecule has 4 heteroatoms. The molecular formula is C24H48O4. The Morgan fingerprint density at radius 1 is 0.714 bits per heavy atom. The van der Waals surface area contributed by atoms with Crippen molar-refractivity contribution in [2.45, 2.75) is 117 Å². The Hall–Kier alpha value is -0.610. The summed E-state index contributed by atoms with van der Waals surface area (Å²) in [4.78, 5) is 11.9. The van der Waals surface area contributed by atoms with Crippen LogP contribution >= 0.6 is 0 Å². The average molecular weight is 401 g/mol. The van der Waals surface area contributed by atoms with Crippen LogP contribution in [-0.2, 0) is 14.3 Å². The lowest BCUT2D eigenvalue weighted by atomic mass is 9.91. The van der Waals surface area contributed by atoms with Gasteiger partial charge in [-0.1, -0.05) is 84.5 Å². The first kappa shape index (κ1) is 27.4. The van der Waals surface area contributed by atoms with E-state index in [0.717, 1.165) is 51.0 Å². The number of carbonyl (C=O) groups excluding carboxylic acids is 1. The summed E-state index contributed by atoms with van der Waals surface area (Å²) in [7, 11) is 0. The second-order valence-electron chi connectivity index (χ2n) is 8.07. The summed E-state index contributed by atoms with van der Waals surface area (Å²) in [6.45, 7) is 6.38. The monoisotopic (exact) mass is 400 g/mol. The van der Waals surface area contributed by atoms with Crippen LogP contribution in [0.3, 0.4) is 0 Å². The summed E-state index contributed by atoms with van der Waals surface area (Å²) in [5.74, 6) is 0.790. The van der Waals surface area contributed by atoms with Crippen LogP contribution in [0.15, 0.2) is 0 Å². The Kier molecular flexibility index (Phi) is 22.2. The maximum atomic E-state index is 11.9. The highest BCUT2D eigenvalue weighted by Gasteiger charge is 2.09. The van der Waals surface area contributed by atoms with Gasteiger partial charge < -0.3 is 14.6 Å². The quantitative estimate of drug-likeness (QED) is 0.168. The summed E-state index contributed by atoms with van der Waals surface area (Å²) >= 11 is 0. The van der Waals surface area contributed by atoms with Gasteiger partial charge in [0.25, 0.3) is 0 Å². The fourth-order valence-corrected chi connectivity index (χ4v) is 3.60. The third-order valence-electron chi connectivity index (χ3n) is 5.36. The molecule has 0 unspecified atom stereocenters. The average Bonchev–Trinajstić information content (AvgIpc) is 2.69. The van der Waals surface area contributed by atoms with Gasteiger partial charge in [-0.25, -0.2) is 0 Å². The lowest BCUT2D eigenvalue weighted by molar-refractivity contribution is -0.144. The fraction of sp³-hybridized carbons (Fsp3) is 0.958. The zero-order valence-electron chi connectivity index (χ0n) is 18.9. The predicted molar refractivity (Wildman–Crippen MR) is 118 cm³/mol. The molecule has 0 aliphatic heterocycles. The molecule has 0 aliphatic carbocycles. The summed E-state index contributed by atoms with van der Waals surface area (Å²) < 4.78 is 10.7. The molecule has 168 valence electrons.